The monoisotopic (exact) mass is 553 g/mol. The topological polar surface area (TPSA) is 108 Å². The third-order valence-electron chi connectivity index (χ3n) is 7.51. The molecule has 2 atom stereocenters. The van der Waals surface area contributed by atoms with Gasteiger partial charge in [0.05, 0.1) is 26.9 Å². The zero-order chi connectivity index (χ0) is 26.8. The van der Waals surface area contributed by atoms with E-state index in [2.05, 4.69) is 17.0 Å². The average molecular weight is 554 g/mol. The second kappa shape index (κ2) is 8.49. The van der Waals surface area contributed by atoms with Gasteiger partial charge in [0.2, 0.25) is 5.91 Å². The smallest absolute Gasteiger partial charge is 0.361 e. The Morgan fingerprint density at radius 2 is 1.97 bits per heavy atom. The van der Waals surface area contributed by atoms with E-state index in [0.29, 0.717) is 18.5 Å². The van der Waals surface area contributed by atoms with Crippen LogP contribution in [0.2, 0.25) is 5.02 Å². The number of aromatic nitrogens is 2. The quantitative estimate of drug-likeness (QED) is 0.559. The first-order chi connectivity index (χ1) is 17.3. The second-order valence-corrected chi connectivity index (χ2v) is 12.4. The molecule has 1 saturated heterocycles. The number of rotatable bonds is 7. The zero-order valence-electron chi connectivity index (χ0n) is 19.5. The van der Waals surface area contributed by atoms with E-state index in [1.807, 2.05) is 6.07 Å². The summed E-state index contributed by atoms with van der Waals surface area (Å²) in [5.74, 6) is -0.684. The van der Waals surface area contributed by atoms with Gasteiger partial charge in [-0.1, -0.05) is 18.2 Å². The minimum Gasteiger partial charge on any atom is -0.361 e. The lowest BCUT2D eigenvalue weighted by molar-refractivity contribution is -0.180. The number of nitrogens with one attached hydrogen (secondary N) is 1. The average Bonchev–Trinajstić information content (AvgIpc) is 3.69. The first kappa shape index (κ1) is 25.6. The predicted molar refractivity (Wildman–Crippen MR) is 127 cm³/mol. The minimum atomic E-state index is -4.59. The van der Waals surface area contributed by atoms with Crippen LogP contribution in [0.1, 0.15) is 32.1 Å². The summed E-state index contributed by atoms with van der Waals surface area (Å²) in [6, 6.07) is 6.77. The fourth-order valence-electron chi connectivity index (χ4n) is 4.88. The molecule has 8 nitrogen and oxygen atoms in total. The van der Waals surface area contributed by atoms with E-state index >= 15 is 0 Å². The zero-order valence-corrected chi connectivity index (χ0v) is 21.1. The Morgan fingerprint density at radius 3 is 2.49 bits per heavy atom. The molecule has 0 bridgehead atoms. The largest absolute Gasteiger partial charge is 0.399 e. The molecule has 1 aliphatic heterocycles. The number of hydrogen-bond donors (Lipinski definition) is 1. The van der Waals surface area contributed by atoms with Crippen molar-refractivity contribution in [1.29, 1.82) is 5.26 Å². The van der Waals surface area contributed by atoms with Crippen molar-refractivity contribution >= 4 is 27.3 Å². The molecule has 2 aromatic rings. The van der Waals surface area contributed by atoms with Gasteiger partial charge < -0.3 is 10.2 Å². The van der Waals surface area contributed by atoms with Crippen molar-refractivity contribution in [3.63, 3.8) is 0 Å². The van der Waals surface area contributed by atoms with E-state index in [0.717, 1.165) is 4.90 Å². The van der Waals surface area contributed by atoms with Crippen LogP contribution in [0, 0.1) is 16.7 Å². The number of carbonyl (C=O) groups excluding carboxylic acids is 1. The fraction of sp³-hybridized carbons (Fsp3) is 0.458. The molecule has 0 radical (unpaired) electrons. The summed E-state index contributed by atoms with van der Waals surface area (Å²) in [4.78, 5) is 14.1. The first-order valence-corrected chi connectivity index (χ1v) is 13.6. The van der Waals surface area contributed by atoms with Crippen molar-refractivity contribution in [3.8, 4) is 11.8 Å². The van der Waals surface area contributed by atoms with E-state index < -0.39 is 44.2 Å². The van der Waals surface area contributed by atoms with Gasteiger partial charge in [-0.15, -0.1) is 0 Å². The molecule has 3 fully saturated rings. The van der Waals surface area contributed by atoms with E-state index in [1.54, 1.807) is 18.5 Å². The van der Waals surface area contributed by atoms with Gasteiger partial charge in [0.15, 0.2) is 9.84 Å². The molecule has 2 aliphatic carbocycles. The molecule has 0 spiro atoms. The van der Waals surface area contributed by atoms with Gasteiger partial charge >= 0.3 is 6.18 Å². The van der Waals surface area contributed by atoms with Gasteiger partial charge in [0.1, 0.15) is 17.0 Å². The van der Waals surface area contributed by atoms with Crippen LogP contribution in [0.4, 0.5) is 13.2 Å². The third-order valence-corrected chi connectivity index (χ3v) is 10.1. The van der Waals surface area contributed by atoms with Gasteiger partial charge in [-0.05, 0) is 56.4 Å². The van der Waals surface area contributed by atoms with Crippen molar-refractivity contribution in [2.75, 3.05) is 6.54 Å². The molecule has 1 aromatic heterocycles. The molecule has 3 aliphatic rings. The molecule has 37 heavy (non-hydrogen) atoms. The molecule has 196 valence electrons. The SMILES string of the molecule is C=C(N1C[C@H](S(=O)(=O)c2ccc(-n3cccn3)cc2Cl)C[C@H]1C(=O)NC1(C#N)CC1)C1(C(F)(F)F)CC1. The van der Waals surface area contributed by atoms with Crippen LogP contribution in [0.25, 0.3) is 5.69 Å². The van der Waals surface area contributed by atoms with Crippen LogP contribution < -0.4 is 5.32 Å². The van der Waals surface area contributed by atoms with Crippen molar-refractivity contribution in [2.24, 2.45) is 5.41 Å². The predicted octanol–water partition coefficient (Wildman–Crippen LogP) is 3.77. The maximum atomic E-state index is 13.9. The standard InChI is InChI=1S/C24H23ClF3N5O3S/c1-15(23(7-8-23)24(26,27)28)32-13-17(12-19(32)21(34)31-22(14-29)5-6-22)37(35,36)20-4-3-16(11-18(20)25)33-10-2-9-30-33/h2-4,9-11,17,19H,1,5-8,12-13H2,(H,31,34)/t17-,19+/m1/s1. The molecule has 13 heteroatoms. The van der Waals surface area contributed by atoms with Crippen LogP contribution in [-0.2, 0) is 14.6 Å². The fourth-order valence-corrected chi connectivity index (χ4v) is 7.12. The number of hydrogen-bond acceptors (Lipinski definition) is 6. The number of amides is 1. The lowest BCUT2D eigenvalue weighted by Crippen LogP contribution is -2.49. The summed E-state index contributed by atoms with van der Waals surface area (Å²) in [7, 11) is -4.15. The maximum absolute atomic E-state index is 13.9. The molecule has 1 amide bonds. The van der Waals surface area contributed by atoms with Gasteiger partial charge in [-0.25, -0.2) is 13.1 Å². The van der Waals surface area contributed by atoms with Crippen LogP contribution in [-0.4, -0.2) is 58.6 Å². The number of alkyl halides is 3. The van der Waals surface area contributed by atoms with Crippen LogP contribution >= 0.6 is 11.6 Å². The second-order valence-electron chi connectivity index (χ2n) is 9.85. The highest BCUT2D eigenvalue weighted by Crippen LogP contribution is 2.63. The highest BCUT2D eigenvalue weighted by atomic mass is 35.5. The van der Waals surface area contributed by atoms with Gasteiger partial charge in [0.25, 0.3) is 0 Å². The Labute approximate surface area is 216 Å². The molecule has 0 unspecified atom stereocenters. The van der Waals surface area contributed by atoms with Crippen molar-refractivity contribution in [2.45, 2.75) is 60.0 Å². The van der Waals surface area contributed by atoms with Crippen LogP contribution in [0.3, 0.4) is 0 Å². The van der Waals surface area contributed by atoms with Crippen molar-refractivity contribution < 1.29 is 26.4 Å². The highest BCUT2D eigenvalue weighted by Gasteiger charge is 2.67. The number of likely N-dealkylation sites (tertiary alicyclic amines) is 1. The van der Waals surface area contributed by atoms with Crippen LogP contribution in [0.5, 0.6) is 0 Å². The van der Waals surface area contributed by atoms with Gasteiger partial charge in [0, 0.05) is 24.6 Å². The number of carbonyl (C=O) groups is 1. The summed E-state index contributed by atoms with van der Waals surface area (Å²) in [6.45, 7) is 3.33. The summed E-state index contributed by atoms with van der Waals surface area (Å²) in [5, 5.41) is 14.8. The van der Waals surface area contributed by atoms with E-state index in [-0.39, 0.29) is 41.4 Å². The first-order valence-electron chi connectivity index (χ1n) is 11.6. The molecule has 1 N–H and O–H groups in total. The number of nitriles is 1. The summed E-state index contributed by atoms with van der Waals surface area (Å²) >= 11 is 6.35. The molecule has 5 rings (SSSR count). The lowest BCUT2D eigenvalue weighted by Gasteiger charge is -2.34. The summed E-state index contributed by atoms with van der Waals surface area (Å²) in [5.41, 5.74) is -3.03. The Hall–Kier alpha value is -3.04. The van der Waals surface area contributed by atoms with Gasteiger partial charge in [-0.3, -0.25) is 4.79 Å². The van der Waals surface area contributed by atoms with Crippen LogP contribution in [0.15, 0.2) is 53.8 Å². The molecular weight excluding hydrogens is 531 g/mol. The van der Waals surface area contributed by atoms with Gasteiger partial charge in [-0.2, -0.15) is 23.5 Å². The van der Waals surface area contributed by atoms with E-state index in [1.165, 1.54) is 22.9 Å². The maximum Gasteiger partial charge on any atom is 0.399 e. The molecule has 1 aromatic carbocycles. The van der Waals surface area contributed by atoms with E-state index in [9.17, 15) is 31.6 Å². The summed E-state index contributed by atoms with van der Waals surface area (Å²) < 4.78 is 70.5. The lowest BCUT2D eigenvalue weighted by atomic mass is 10.0. The van der Waals surface area contributed by atoms with E-state index in [4.69, 9.17) is 11.6 Å². The molecule has 2 saturated carbocycles. The van der Waals surface area contributed by atoms with Crippen molar-refractivity contribution in [3.05, 3.63) is 54.0 Å². The Balaban J connectivity index is 1.46. The number of allylic oxidation sites excluding steroid dienone is 1. The molecule has 2 heterocycles. The Bertz CT molecular complexity index is 1410. The minimum absolute atomic E-state index is 0.0679. The normalized spacial score (nSPS) is 23.8. The molecular formula is C24H23ClF3N5O3S. The number of sulfone groups is 1. The number of halogens is 4. The number of benzene rings is 1. The Kier molecular flexibility index (Phi) is 5.88. The highest BCUT2D eigenvalue weighted by molar-refractivity contribution is 7.92. The Morgan fingerprint density at radius 1 is 1.27 bits per heavy atom. The third kappa shape index (κ3) is 4.28. The summed E-state index contributed by atoms with van der Waals surface area (Å²) in [6.07, 6.45) is -1.15. The number of nitrogens with zero attached hydrogens (tertiary/aromatic N) is 4. The van der Waals surface area contributed by atoms with Crippen molar-refractivity contribution in [1.82, 2.24) is 20.0 Å².